The fourth-order valence-corrected chi connectivity index (χ4v) is 2.76. The van der Waals surface area contributed by atoms with E-state index in [1.807, 2.05) is 6.92 Å². The maximum absolute atomic E-state index is 6.30. The van der Waals surface area contributed by atoms with Gasteiger partial charge in [-0.3, -0.25) is 0 Å². The van der Waals surface area contributed by atoms with Crippen LogP contribution in [0.4, 0.5) is 11.4 Å². The van der Waals surface area contributed by atoms with Crippen molar-refractivity contribution in [1.29, 1.82) is 0 Å². The second kappa shape index (κ2) is 5.18. The molecule has 1 aliphatic rings. The highest BCUT2D eigenvalue weighted by Crippen LogP contribution is 2.35. The first-order valence-electron chi connectivity index (χ1n) is 6.41. The maximum Gasteiger partial charge on any atom is 0.0687 e. The van der Waals surface area contributed by atoms with Crippen molar-refractivity contribution < 1.29 is 0 Å². The molecule has 1 heterocycles. The second-order valence-electron chi connectivity index (χ2n) is 4.97. The minimum Gasteiger partial charge on any atom is -0.397 e. The zero-order chi connectivity index (χ0) is 12.4. The monoisotopic (exact) mass is 252 g/mol. The number of hydrogen-bond donors (Lipinski definition) is 1. The molecule has 1 fully saturated rings. The Morgan fingerprint density at radius 1 is 1.12 bits per heavy atom. The van der Waals surface area contributed by atoms with E-state index in [1.165, 1.54) is 31.4 Å². The molecule has 2 N–H and O–H groups in total. The van der Waals surface area contributed by atoms with Crippen molar-refractivity contribution in [2.45, 2.75) is 39.5 Å². The molecule has 0 aromatic heterocycles. The third-order valence-corrected chi connectivity index (χ3v) is 4.16. The lowest BCUT2D eigenvalue weighted by molar-refractivity contribution is 0.726. The average Bonchev–Trinajstić information content (AvgIpc) is 2.60. The SMILES string of the molecule is Cc1cc(N2CCCCCC2)c(C)c(Cl)c1N. The number of nitrogens with two attached hydrogens (primary N) is 1. The zero-order valence-corrected chi connectivity index (χ0v) is 11.5. The van der Waals surface area contributed by atoms with E-state index in [0.29, 0.717) is 0 Å². The summed E-state index contributed by atoms with van der Waals surface area (Å²) in [4.78, 5) is 2.46. The van der Waals surface area contributed by atoms with Gasteiger partial charge in [0.25, 0.3) is 0 Å². The highest BCUT2D eigenvalue weighted by atomic mass is 35.5. The van der Waals surface area contributed by atoms with E-state index in [2.05, 4.69) is 17.9 Å². The van der Waals surface area contributed by atoms with Gasteiger partial charge in [0.15, 0.2) is 0 Å². The molecular formula is C14H21ClN2. The molecule has 94 valence electrons. The Morgan fingerprint density at radius 2 is 1.71 bits per heavy atom. The van der Waals surface area contributed by atoms with Crippen LogP contribution in [0.5, 0.6) is 0 Å². The number of aryl methyl sites for hydroxylation is 1. The zero-order valence-electron chi connectivity index (χ0n) is 10.7. The number of nitrogen functional groups attached to an aromatic ring is 1. The number of anilines is 2. The van der Waals surface area contributed by atoms with Gasteiger partial charge >= 0.3 is 0 Å². The number of halogens is 1. The number of nitrogens with zero attached hydrogens (tertiary/aromatic N) is 1. The smallest absolute Gasteiger partial charge is 0.0687 e. The van der Waals surface area contributed by atoms with E-state index in [4.69, 9.17) is 17.3 Å². The molecule has 2 nitrogen and oxygen atoms in total. The predicted octanol–water partition coefficient (Wildman–Crippen LogP) is 3.92. The summed E-state index contributed by atoms with van der Waals surface area (Å²) in [6.07, 6.45) is 5.25. The van der Waals surface area contributed by atoms with E-state index in [-0.39, 0.29) is 0 Å². The normalized spacial score (nSPS) is 17.0. The Bertz CT molecular complexity index is 407. The van der Waals surface area contributed by atoms with E-state index in [1.54, 1.807) is 0 Å². The molecule has 0 radical (unpaired) electrons. The fourth-order valence-electron chi connectivity index (χ4n) is 2.52. The lowest BCUT2D eigenvalue weighted by atomic mass is 10.1. The second-order valence-corrected chi connectivity index (χ2v) is 5.34. The minimum absolute atomic E-state index is 0.725. The summed E-state index contributed by atoms with van der Waals surface area (Å²) >= 11 is 6.30. The Morgan fingerprint density at radius 3 is 2.29 bits per heavy atom. The van der Waals surface area contributed by atoms with E-state index >= 15 is 0 Å². The van der Waals surface area contributed by atoms with Gasteiger partial charge in [-0.15, -0.1) is 0 Å². The molecule has 2 rings (SSSR count). The molecule has 17 heavy (non-hydrogen) atoms. The van der Waals surface area contributed by atoms with Crippen LogP contribution in [0.2, 0.25) is 5.02 Å². The molecule has 0 unspecified atom stereocenters. The van der Waals surface area contributed by atoms with Gasteiger partial charge < -0.3 is 10.6 Å². The molecule has 1 aromatic rings. The summed E-state index contributed by atoms with van der Waals surface area (Å²) in [7, 11) is 0. The lowest BCUT2D eigenvalue weighted by Crippen LogP contribution is -2.25. The van der Waals surface area contributed by atoms with Crippen LogP contribution in [0.3, 0.4) is 0 Å². The van der Waals surface area contributed by atoms with Gasteiger partial charge in [-0.2, -0.15) is 0 Å². The molecule has 0 spiro atoms. The van der Waals surface area contributed by atoms with Gasteiger partial charge in [-0.1, -0.05) is 24.4 Å². The number of benzene rings is 1. The van der Waals surface area contributed by atoms with Crippen molar-refractivity contribution in [2.75, 3.05) is 23.7 Å². The third-order valence-electron chi connectivity index (χ3n) is 3.67. The van der Waals surface area contributed by atoms with Gasteiger partial charge in [0, 0.05) is 18.8 Å². The van der Waals surface area contributed by atoms with Gasteiger partial charge in [0.1, 0.15) is 0 Å². The van der Waals surface area contributed by atoms with Gasteiger partial charge in [-0.25, -0.2) is 0 Å². The van der Waals surface area contributed by atoms with Crippen molar-refractivity contribution in [1.82, 2.24) is 0 Å². The summed E-state index contributed by atoms with van der Waals surface area (Å²) in [6, 6.07) is 2.18. The maximum atomic E-state index is 6.30. The molecule has 0 amide bonds. The van der Waals surface area contributed by atoms with E-state index in [9.17, 15) is 0 Å². The Balaban J connectivity index is 2.37. The van der Waals surface area contributed by atoms with E-state index < -0.39 is 0 Å². The molecule has 1 aromatic carbocycles. The molecule has 0 saturated carbocycles. The number of rotatable bonds is 1. The van der Waals surface area contributed by atoms with E-state index in [0.717, 1.165) is 34.9 Å². The quantitative estimate of drug-likeness (QED) is 0.768. The van der Waals surface area contributed by atoms with Crippen LogP contribution in [-0.4, -0.2) is 13.1 Å². The molecule has 3 heteroatoms. The van der Waals surface area contributed by atoms with Gasteiger partial charge in [0.2, 0.25) is 0 Å². The summed E-state index contributed by atoms with van der Waals surface area (Å²) in [5.41, 5.74) is 10.2. The van der Waals surface area contributed by atoms with Crippen LogP contribution in [0.1, 0.15) is 36.8 Å². The lowest BCUT2D eigenvalue weighted by Gasteiger charge is -2.26. The van der Waals surface area contributed by atoms with Crippen molar-refractivity contribution in [3.63, 3.8) is 0 Å². The largest absolute Gasteiger partial charge is 0.397 e. The molecular weight excluding hydrogens is 232 g/mol. The minimum atomic E-state index is 0.725. The highest BCUT2D eigenvalue weighted by Gasteiger charge is 2.16. The van der Waals surface area contributed by atoms with Crippen LogP contribution in [0.25, 0.3) is 0 Å². The van der Waals surface area contributed by atoms with Crippen molar-refractivity contribution >= 4 is 23.0 Å². The molecule has 1 saturated heterocycles. The van der Waals surface area contributed by atoms with Gasteiger partial charge in [0.05, 0.1) is 10.7 Å². The summed E-state index contributed by atoms with van der Waals surface area (Å²) < 4.78 is 0. The first-order chi connectivity index (χ1) is 8.11. The molecule has 0 aliphatic carbocycles. The third kappa shape index (κ3) is 2.52. The van der Waals surface area contributed by atoms with Gasteiger partial charge in [-0.05, 0) is 43.9 Å². The number of hydrogen-bond acceptors (Lipinski definition) is 2. The first kappa shape index (κ1) is 12.6. The summed E-state index contributed by atoms with van der Waals surface area (Å²) in [5.74, 6) is 0. The average molecular weight is 253 g/mol. The molecule has 0 atom stereocenters. The van der Waals surface area contributed by atoms with Crippen LogP contribution < -0.4 is 10.6 Å². The van der Waals surface area contributed by atoms with Crippen LogP contribution >= 0.6 is 11.6 Å². The predicted molar refractivity (Wildman–Crippen MR) is 76.0 cm³/mol. The summed E-state index contributed by atoms with van der Waals surface area (Å²) in [5, 5.41) is 0.726. The standard InChI is InChI=1S/C14H21ClN2/c1-10-9-12(11(2)13(15)14(10)16)17-7-5-3-4-6-8-17/h9H,3-8,16H2,1-2H3. The Labute approximate surface area is 109 Å². The van der Waals surface area contributed by atoms with Crippen molar-refractivity contribution in [2.24, 2.45) is 0 Å². The molecule has 1 aliphatic heterocycles. The van der Waals surface area contributed by atoms with Crippen molar-refractivity contribution in [3.05, 3.63) is 22.2 Å². The molecule has 0 bridgehead atoms. The van der Waals surface area contributed by atoms with Crippen molar-refractivity contribution in [3.8, 4) is 0 Å². The highest BCUT2D eigenvalue weighted by molar-refractivity contribution is 6.34. The van der Waals surface area contributed by atoms with Crippen LogP contribution in [-0.2, 0) is 0 Å². The Hall–Kier alpha value is -0.890. The summed E-state index contributed by atoms with van der Waals surface area (Å²) in [6.45, 7) is 6.38. The van der Waals surface area contributed by atoms with Crippen LogP contribution in [0.15, 0.2) is 6.07 Å². The fraction of sp³-hybridized carbons (Fsp3) is 0.571. The van der Waals surface area contributed by atoms with Crippen LogP contribution in [0, 0.1) is 13.8 Å². The topological polar surface area (TPSA) is 29.3 Å². The Kier molecular flexibility index (Phi) is 3.82. The first-order valence-corrected chi connectivity index (χ1v) is 6.79.